The smallest absolute Gasteiger partial charge is 0.0788 e. The van der Waals surface area contributed by atoms with E-state index < -0.39 is 5.41 Å². The number of rotatable bonds is 2. The molecule has 2 heteroatoms. The van der Waals surface area contributed by atoms with E-state index in [0.717, 1.165) is 33.3 Å². The molecule has 0 atom stereocenters. The molecule has 0 radical (unpaired) electrons. The molecule has 7 aromatic carbocycles. The van der Waals surface area contributed by atoms with E-state index in [1.165, 1.54) is 60.9 Å². The molecule has 0 fully saturated rings. The van der Waals surface area contributed by atoms with Crippen molar-refractivity contribution in [3.8, 4) is 39.2 Å². The summed E-state index contributed by atoms with van der Waals surface area (Å²) in [5.41, 5.74) is 16.7. The number of fused-ring (bicyclic) bond motifs is 13. The van der Waals surface area contributed by atoms with Gasteiger partial charge in [-0.25, -0.2) is 4.98 Å². The first kappa shape index (κ1) is 25.9. The number of hydrogen-bond acceptors (Lipinski definition) is 1. The molecule has 3 heterocycles. The molecule has 1 aliphatic carbocycles. The van der Waals surface area contributed by atoms with Crippen LogP contribution >= 0.6 is 0 Å². The van der Waals surface area contributed by atoms with Gasteiger partial charge in [-0.3, -0.25) is 0 Å². The highest BCUT2D eigenvalue weighted by Gasteiger charge is 2.50. The molecular formula is C46H28N2. The van der Waals surface area contributed by atoms with Gasteiger partial charge >= 0.3 is 0 Å². The highest BCUT2D eigenvalue weighted by molar-refractivity contribution is 6.13. The summed E-state index contributed by atoms with van der Waals surface area (Å²) in [6, 6.07) is 62.4. The predicted molar refractivity (Wildman–Crippen MR) is 198 cm³/mol. The fraction of sp³-hybridized carbons (Fsp3) is 0.0217. The van der Waals surface area contributed by atoms with Crippen molar-refractivity contribution in [1.82, 2.24) is 9.55 Å². The minimum absolute atomic E-state index is 0.450. The van der Waals surface area contributed by atoms with Crippen molar-refractivity contribution in [2.24, 2.45) is 0 Å². The number of benzene rings is 7. The summed E-state index contributed by atoms with van der Waals surface area (Å²) < 4.78 is 2.53. The maximum absolute atomic E-state index is 5.27. The first-order valence-corrected chi connectivity index (χ1v) is 16.6. The number of hydrogen-bond donors (Lipinski definition) is 0. The van der Waals surface area contributed by atoms with Gasteiger partial charge in [0.1, 0.15) is 0 Å². The molecule has 222 valence electrons. The summed E-state index contributed by atoms with van der Waals surface area (Å²) in [7, 11) is 0. The maximum Gasteiger partial charge on any atom is 0.0788 e. The lowest BCUT2D eigenvalue weighted by atomic mass is 9.65. The van der Waals surface area contributed by atoms with Gasteiger partial charge in [0.15, 0.2) is 0 Å². The first-order valence-electron chi connectivity index (χ1n) is 16.6. The van der Waals surface area contributed by atoms with Gasteiger partial charge in [-0.1, -0.05) is 146 Å². The summed E-state index contributed by atoms with van der Waals surface area (Å²) in [4.78, 5) is 5.27. The third kappa shape index (κ3) is 3.19. The van der Waals surface area contributed by atoms with E-state index in [1.54, 1.807) is 0 Å². The Balaban J connectivity index is 1.31. The molecule has 0 amide bonds. The molecule has 1 aliphatic heterocycles. The monoisotopic (exact) mass is 608 g/mol. The summed E-state index contributed by atoms with van der Waals surface area (Å²) in [5, 5.41) is 3.71. The minimum atomic E-state index is -0.450. The van der Waals surface area contributed by atoms with Crippen LogP contribution in [0.25, 0.3) is 71.9 Å². The van der Waals surface area contributed by atoms with E-state index in [-0.39, 0.29) is 0 Å². The van der Waals surface area contributed by atoms with Gasteiger partial charge in [0.05, 0.1) is 33.3 Å². The first-order chi connectivity index (χ1) is 23.8. The second kappa shape index (κ2) is 9.40. The van der Waals surface area contributed by atoms with Crippen molar-refractivity contribution in [2.45, 2.75) is 5.41 Å². The zero-order valence-electron chi connectivity index (χ0n) is 26.1. The molecule has 0 bridgehead atoms. The Morgan fingerprint density at radius 3 is 1.94 bits per heavy atom. The summed E-state index contributed by atoms with van der Waals surface area (Å²) in [6.45, 7) is 0. The van der Waals surface area contributed by atoms with Crippen molar-refractivity contribution < 1.29 is 0 Å². The quantitative estimate of drug-likeness (QED) is 0.191. The number of pyridine rings is 1. The predicted octanol–water partition coefficient (Wildman–Crippen LogP) is 11.3. The van der Waals surface area contributed by atoms with E-state index in [0.29, 0.717) is 0 Å². The molecule has 48 heavy (non-hydrogen) atoms. The zero-order valence-corrected chi connectivity index (χ0v) is 26.1. The highest BCUT2D eigenvalue weighted by Crippen LogP contribution is 2.61. The number of nitrogens with zero attached hydrogens (tertiary/aromatic N) is 2. The van der Waals surface area contributed by atoms with Gasteiger partial charge in [0.2, 0.25) is 0 Å². The van der Waals surface area contributed by atoms with Crippen molar-refractivity contribution in [3.63, 3.8) is 0 Å². The van der Waals surface area contributed by atoms with Gasteiger partial charge < -0.3 is 4.57 Å². The molecule has 2 aliphatic rings. The summed E-state index contributed by atoms with van der Waals surface area (Å²) in [5.74, 6) is 0. The lowest BCUT2D eigenvalue weighted by molar-refractivity contribution is 0.748. The standard InChI is InChI=1S/C46H28N2/c1-2-13-29(14-3-1)44-36(27-31-15-4-10-23-41(31)47-44)30-25-26-39-43(28-30)48-42-24-11-7-18-34(42)35-19-12-22-40(45(35)48)46(39)37-20-8-5-16-32(37)33-17-6-9-21-38(33)46/h1-28H. The molecule has 0 saturated carbocycles. The maximum atomic E-state index is 5.27. The summed E-state index contributed by atoms with van der Waals surface area (Å²) in [6.07, 6.45) is 0. The molecular weight excluding hydrogens is 581 g/mol. The fourth-order valence-electron chi connectivity index (χ4n) is 8.89. The van der Waals surface area contributed by atoms with E-state index >= 15 is 0 Å². The molecule has 1 spiro atoms. The Bertz CT molecular complexity index is 2740. The third-order valence-electron chi connectivity index (χ3n) is 10.8. The lowest BCUT2D eigenvalue weighted by Crippen LogP contribution is -2.33. The van der Waals surface area contributed by atoms with E-state index in [1.807, 2.05) is 0 Å². The van der Waals surface area contributed by atoms with Crippen LogP contribution in [0.1, 0.15) is 22.3 Å². The molecule has 2 nitrogen and oxygen atoms in total. The molecule has 0 unspecified atom stereocenters. The third-order valence-corrected chi connectivity index (χ3v) is 10.8. The van der Waals surface area contributed by atoms with Crippen LogP contribution in [0.3, 0.4) is 0 Å². The van der Waals surface area contributed by atoms with E-state index in [4.69, 9.17) is 4.98 Å². The molecule has 11 rings (SSSR count). The van der Waals surface area contributed by atoms with Crippen LogP contribution in [0, 0.1) is 0 Å². The van der Waals surface area contributed by atoms with Crippen LogP contribution in [0.15, 0.2) is 170 Å². The van der Waals surface area contributed by atoms with Crippen LogP contribution < -0.4 is 0 Å². The SMILES string of the molecule is c1ccc(-c2nc3ccccc3cc2-c2ccc3c(c2)-n2c4ccccc4c4cccc(c42)C32c3ccccc3-c3ccccc32)cc1. The number of aromatic nitrogens is 2. The van der Waals surface area contributed by atoms with Crippen molar-refractivity contribution in [1.29, 1.82) is 0 Å². The topological polar surface area (TPSA) is 17.8 Å². The molecule has 9 aromatic rings. The minimum Gasteiger partial charge on any atom is -0.309 e. The zero-order chi connectivity index (χ0) is 31.4. The molecule has 0 N–H and O–H groups in total. The van der Waals surface area contributed by atoms with Gasteiger partial charge in [0, 0.05) is 27.3 Å². The van der Waals surface area contributed by atoms with Crippen LogP contribution in [-0.4, -0.2) is 9.55 Å². The Labute approximate surface area is 278 Å². The van der Waals surface area contributed by atoms with Gasteiger partial charge in [-0.2, -0.15) is 0 Å². The molecule has 0 saturated heterocycles. The summed E-state index contributed by atoms with van der Waals surface area (Å²) >= 11 is 0. The van der Waals surface area contributed by atoms with Gasteiger partial charge in [-0.15, -0.1) is 0 Å². The van der Waals surface area contributed by atoms with Crippen LogP contribution in [0.4, 0.5) is 0 Å². The van der Waals surface area contributed by atoms with E-state index in [9.17, 15) is 0 Å². The van der Waals surface area contributed by atoms with Crippen LogP contribution in [0.2, 0.25) is 0 Å². The fourth-order valence-corrected chi connectivity index (χ4v) is 8.89. The Morgan fingerprint density at radius 1 is 0.438 bits per heavy atom. The highest BCUT2D eigenvalue weighted by atomic mass is 15.0. The second-order valence-electron chi connectivity index (χ2n) is 13.1. The normalized spacial score (nSPS) is 13.6. The van der Waals surface area contributed by atoms with Crippen molar-refractivity contribution in [3.05, 3.63) is 192 Å². The Morgan fingerprint density at radius 2 is 1.10 bits per heavy atom. The van der Waals surface area contributed by atoms with Crippen molar-refractivity contribution >= 4 is 32.7 Å². The Hall–Kier alpha value is -6.25. The average Bonchev–Trinajstić information content (AvgIpc) is 3.65. The molecule has 2 aromatic heterocycles. The van der Waals surface area contributed by atoms with Gasteiger partial charge in [-0.05, 0) is 63.2 Å². The number of para-hydroxylation sites is 3. The van der Waals surface area contributed by atoms with Crippen molar-refractivity contribution in [2.75, 3.05) is 0 Å². The second-order valence-corrected chi connectivity index (χ2v) is 13.1. The van der Waals surface area contributed by atoms with Gasteiger partial charge in [0.25, 0.3) is 0 Å². The van der Waals surface area contributed by atoms with Crippen LogP contribution in [-0.2, 0) is 5.41 Å². The average molecular weight is 609 g/mol. The Kier molecular flexibility index (Phi) is 5.07. The largest absolute Gasteiger partial charge is 0.309 e. The van der Waals surface area contributed by atoms with E-state index in [2.05, 4.69) is 174 Å². The van der Waals surface area contributed by atoms with Crippen LogP contribution in [0.5, 0.6) is 0 Å². The lowest BCUT2D eigenvalue weighted by Gasteiger charge is -2.39.